The van der Waals surface area contributed by atoms with Crippen LogP contribution in [-0.2, 0) is 9.53 Å². The molecule has 1 atom stereocenters. The van der Waals surface area contributed by atoms with Crippen LogP contribution < -0.4 is 4.74 Å². The lowest BCUT2D eigenvalue weighted by Crippen LogP contribution is -2.25. The molecular weight excluding hydrogens is 358 g/mol. The molecule has 0 spiro atoms. The molecule has 0 saturated carbocycles. The van der Waals surface area contributed by atoms with Gasteiger partial charge in [0.25, 0.3) is 0 Å². The normalized spacial score (nSPS) is 11.8. The lowest BCUT2D eigenvalue weighted by atomic mass is 10.1. The number of aromatic nitrogens is 1. The van der Waals surface area contributed by atoms with E-state index in [0.717, 1.165) is 10.9 Å². The van der Waals surface area contributed by atoms with Gasteiger partial charge in [-0.15, -0.1) is 0 Å². The van der Waals surface area contributed by atoms with Crippen LogP contribution in [0.3, 0.4) is 0 Å². The van der Waals surface area contributed by atoms with Crippen molar-refractivity contribution < 1.29 is 23.9 Å². The number of fused-ring (bicyclic) bond motifs is 1. The first-order valence-corrected chi connectivity index (χ1v) is 8.99. The molecule has 0 aliphatic heterocycles. The Bertz CT molecular complexity index is 1000. The summed E-state index contributed by atoms with van der Waals surface area (Å²) in [6.45, 7) is 3.17. The number of aromatic amines is 1. The maximum absolute atomic E-state index is 12.6. The van der Waals surface area contributed by atoms with Gasteiger partial charge in [-0.1, -0.05) is 18.2 Å². The van der Waals surface area contributed by atoms with E-state index in [1.807, 2.05) is 24.3 Å². The third-order valence-corrected chi connectivity index (χ3v) is 4.37. The fraction of sp³-hybridized carbons (Fsp3) is 0.227. The maximum atomic E-state index is 12.6. The molecule has 0 fully saturated rings. The van der Waals surface area contributed by atoms with E-state index in [1.54, 1.807) is 37.4 Å². The summed E-state index contributed by atoms with van der Waals surface area (Å²) in [5, 5.41) is 0.799. The zero-order chi connectivity index (χ0) is 20.1. The smallest absolute Gasteiger partial charge is 0.309 e. The van der Waals surface area contributed by atoms with Gasteiger partial charge in [-0.25, -0.2) is 0 Å². The molecule has 0 saturated heterocycles. The van der Waals surface area contributed by atoms with E-state index in [-0.39, 0.29) is 24.6 Å². The summed E-state index contributed by atoms with van der Waals surface area (Å²) < 4.78 is 10.7. The Hall–Kier alpha value is -3.41. The number of nitrogens with one attached hydrogen (secondary N) is 1. The van der Waals surface area contributed by atoms with Gasteiger partial charge in [-0.2, -0.15) is 0 Å². The van der Waals surface area contributed by atoms with E-state index in [2.05, 4.69) is 4.98 Å². The minimum Gasteiger partial charge on any atom is -0.493 e. The molecule has 0 aliphatic carbocycles. The number of ketones is 2. The molecule has 28 heavy (non-hydrogen) atoms. The monoisotopic (exact) mass is 379 g/mol. The number of para-hydroxylation sites is 1. The summed E-state index contributed by atoms with van der Waals surface area (Å²) >= 11 is 0. The molecule has 2 aromatic carbocycles. The zero-order valence-corrected chi connectivity index (χ0v) is 15.7. The van der Waals surface area contributed by atoms with E-state index in [1.165, 1.54) is 6.92 Å². The highest BCUT2D eigenvalue weighted by atomic mass is 16.5. The van der Waals surface area contributed by atoms with Crippen molar-refractivity contribution in [1.82, 2.24) is 4.98 Å². The van der Waals surface area contributed by atoms with Crippen LogP contribution in [0.25, 0.3) is 10.9 Å². The number of carbonyl (C=O) groups excluding carboxylic acids is 3. The number of esters is 1. The second-order valence-corrected chi connectivity index (χ2v) is 6.42. The summed E-state index contributed by atoms with van der Waals surface area (Å²) in [6.07, 6.45) is 0.757. The van der Waals surface area contributed by atoms with Gasteiger partial charge in [0.15, 0.2) is 11.9 Å². The molecule has 1 N–H and O–H groups in total. The topological polar surface area (TPSA) is 85.5 Å². The largest absolute Gasteiger partial charge is 0.493 e. The van der Waals surface area contributed by atoms with Crippen LogP contribution in [0.2, 0.25) is 0 Å². The van der Waals surface area contributed by atoms with Crippen LogP contribution in [-0.4, -0.2) is 35.2 Å². The molecule has 3 aromatic rings. The Labute approximate surface area is 162 Å². The highest BCUT2D eigenvalue weighted by Crippen LogP contribution is 2.20. The average Bonchev–Trinajstić information content (AvgIpc) is 3.11. The summed E-state index contributed by atoms with van der Waals surface area (Å²) in [7, 11) is 0. The number of Topliss-reactive ketones (excluding diaryl/α,β-unsaturated/α-hetero) is 2. The summed E-state index contributed by atoms with van der Waals surface area (Å²) in [6, 6.07) is 14.1. The average molecular weight is 379 g/mol. The van der Waals surface area contributed by atoms with Crippen molar-refractivity contribution in [3.63, 3.8) is 0 Å². The molecule has 1 unspecified atom stereocenters. The number of hydrogen-bond donors (Lipinski definition) is 1. The minimum atomic E-state index is -0.887. The van der Waals surface area contributed by atoms with Crippen LogP contribution in [0.1, 0.15) is 41.0 Å². The van der Waals surface area contributed by atoms with Gasteiger partial charge in [-0.05, 0) is 44.2 Å². The van der Waals surface area contributed by atoms with Gasteiger partial charge in [0.2, 0.25) is 5.78 Å². The molecule has 0 radical (unpaired) electrons. The predicted octanol–water partition coefficient (Wildman–Crippen LogP) is 3.95. The molecule has 6 nitrogen and oxygen atoms in total. The molecule has 1 aromatic heterocycles. The number of ether oxygens (including phenoxy) is 2. The van der Waals surface area contributed by atoms with Crippen molar-refractivity contribution >= 4 is 28.4 Å². The fourth-order valence-corrected chi connectivity index (χ4v) is 2.84. The summed E-state index contributed by atoms with van der Waals surface area (Å²) in [4.78, 5) is 38.9. The lowest BCUT2D eigenvalue weighted by molar-refractivity contribution is -0.146. The third-order valence-electron chi connectivity index (χ3n) is 4.37. The minimum absolute atomic E-state index is 0.0139. The Kier molecular flexibility index (Phi) is 5.89. The first kappa shape index (κ1) is 19.4. The number of hydrogen-bond acceptors (Lipinski definition) is 5. The number of carbonyl (C=O) groups is 3. The Balaban J connectivity index is 1.50. The van der Waals surface area contributed by atoms with Crippen LogP contribution in [0.4, 0.5) is 0 Å². The SMILES string of the molecule is CC(=O)c1ccc(OCCC(=O)OC(C)C(=O)c2c[nH]c3ccccc23)cc1. The Morgan fingerprint density at radius 2 is 1.75 bits per heavy atom. The first-order chi connectivity index (χ1) is 13.5. The van der Waals surface area contributed by atoms with Gasteiger partial charge in [0, 0.05) is 28.2 Å². The number of rotatable bonds is 8. The molecule has 0 aliphatic rings. The highest BCUT2D eigenvalue weighted by Gasteiger charge is 2.22. The Morgan fingerprint density at radius 3 is 2.46 bits per heavy atom. The lowest BCUT2D eigenvalue weighted by Gasteiger charge is -2.12. The zero-order valence-electron chi connectivity index (χ0n) is 15.7. The highest BCUT2D eigenvalue weighted by molar-refractivity contribution is 6.10. The Morgan fingerprint density at radius 1 is 1.04 bits per heavy atom. The molecule has 144 valence electrons. The molecule has 0 bridgehead atoms. The van der Waals surface area contributed by atoms with E-state index in [4.69, 9.17) is 9.47 Å². The summed E-state index contributed by atoms with van der Waals surface area (Å²) in [5.41, 5.74) is 1.95. The molecule has 0 amide bonds. The fourth-order valence-electron chi connectivity index (χ4n) is 2.84. The molecular formula is C22H21NO5. The van der Waals surface area contributed by atoms with Crippen LogP contribution in [0.15, 0.2) is 54.7 Å². The maximum Gasteiger partial charge on any atom is 0.309 e. The van der Waals surface area contributed by atoms with E-state index in [0.29, 0.717) is 16.9 Å². The van der Waals surface area contributed by atoms with Gasteiger partial charge in [0.05, 0.1) is 13.0 Å². The second-order valence-electron chi connectivity index (χ2n) is 6.42. The van der Waals surface area contributed by atoms with Gasteiger partial charge in [0.1, 0.15) is 5.75 Å². The van der Waals surface area contributed by atoms with E-state index < -0.39 is 12.1 Å². The van der Waals surface area contributed by atoms with Gasteiger partial charge in [-0.3, -0.25) is 14.4 Å². The van der Waals surface area contributed by atoms with Gasteiger partial charge < -0.3 is 14.5 Å². The second kappa shape index (κ2) is 8.52. The number of benzene rings is 2. The van der Waals surface area contributed by atoms with Crippen molar-refractivity contribution in [1.29, 1.82) is 0 Å². The van der Waals surface area contributed by atoms with Crippen LogP contribution >= 0.6 is 0 Å². The van der Waals surface area contributed by atoms with Crippen molar-refractivity contribution in [2.24, 2.45) is 0 Å². The van der Waals surface area contributed by atoms with Crippen LogP contribution in [0.5, 0.6) is 5.75 Å². The molecule has 6 heteroatoms. The van der Waals surface area contributed by atoms with Gasteiger partial charge >= 0.3 is 5.97 Å². The standard InChI is InChI=1S/C22H21NO5/c1-14(24)16-7-9-17(10-8-16)27-12-11-21(25)28-15(2)22(26)19-13-23-20-6-4-3-5-18(19)20/h3-10,13,15,23H,11-12H2,1-2H3. The summed E-state index contributed by atoms with van der Waals surface area (Å²) in [5.74, 6) is -0.239. The number of H-pyrrole nitrogens is 1. The first-order valence-electron chi connectivity index (χ1n) is 8.99. The molecule has 3 rings (SSSR count). The van der Waals surface area contributed by atoms with Crippen molar-refractivity contribution in [2.45, 2.75) is 26.4 Å². The van der Waals surface area contributed by atoms with E-state index in [9.17, 15) is 14.4 Å². The quantitative estimate of drug-likeness (QED) is 0.473. The van der Waals surface area contributed by atoms with Crippen molar-refractivity contribution in [2.75, 3.05) is 6.61 Å². The third kappa shape index (κ3) is 4.46. The predicted molar refractivity (Wildman–Crippen MR) is 105 cm³/mol. The molecule has 1 heterocycles. The van der Waals surface area contributed by atoms with E-state index >= 15 is 0 Å². The van der Waals surface area contributed by atoms with Crippen LogP contribution in [0, 0.1) is 0 Å². The van der Waals surface area contributed by atoms with Crippen molar-refractivity contribution in [3.8, 4) is 5.75 Å². The van der Waals surface area contributed by atoms with Crippen molar-refractivity contribution in [3.05, 3.63) is 65.9 Å².